The number of hydrogen-bond acceptors (Lipinski definition) is 3. The number of nitrogens with zero attached hydrogens (tertiary/aromatic N) is 3. The van der Waals surface area contributed by atoms with Gasteiger partial charge >= 0.3 is 0 Å². The zero-order valence-electron chi connectivity index (χ0n) is 20.3. The van der Waals surface area contributed by atoms with Crippen LogP contribution in [-0.4, -0.2) is 33.7 Å². The van der Waals surface area contributed by atoms with E-state index in [9.17, 15) is 4.79 Å². The first kappa shape index (κ1) is 21.9. The van der Waals surface area contributed by atoms with Crippen molar-refractivity contribution in [1.82, 2.24) is 14.1 Å². The van der Waals surface area contributed by atoms with Crippen LogP contribution in [0.15, 0.2) is 54.6 Å². The number of rotatable bonds is 8. The van der Waals surface area contributed by atoms with Gasteiger partial charge in [-0.05, 0) is 74.1 Å². The number of imidazole rings is 1. The number of hydrogen-bond donors (Lipinski definition) is 1. The van der Waals surface area contributed by atoms with Crippen LogP contribution in [0, 0.1) is 5.92 Å². The fourth-order valence-corrected chi connectivity index (χ4v) is 5.41. The van der Waals surface area contributed by atoms with Gasteiger partial charge in [-0.3, -0.25) is 4.79 Å². The molecule has 2 heterocycles. The minimum Gasteiger partial charge on any atom is -0.383 e. The molecule has 0 atom stereocenters. The summed E-state index contributed by atoms with van der Waals surface area (Å²) >= 11 is 0. The first-order valence-corrected chi connectivity index (χ1v) is 12.4. The Labute approximate surface area is 204 Å². The molecule has 1 saturated carbocycles. The highest BCUT2D eigenvalue weighted by molar-refractivity contribution is 6.10. The fraction of sp³-hybridized carbons (Fsp3) is 0.310. The van der Waals surface area contributed by atoms with Gasteiger partial charge in [0.05, 0.1) is 23.2 Å². The number of amides is 1. The third kappa shape index (κ3) is 3.69. The van der Waals surface area contributed by atoms with E-state index in [2.05, 4.69) is 52.5 Å². The smallest absolute Gasteiger partial charge is 0.248 e. The summed E-state index contributed by atoms with van der Waals surface area (Å²) in [6.45, 7) is 4.39. The van der Waals surface area contributed by atoms with E-state index in [1.165, 1.54) is 40.2 Å². The van der Waals surface area contributed by atoms with Crippen molar-refractivity contribution >= 4 is 38.7 Å². The lowest BCUT2D eigenvalue weighted by atomic mass is 10.0. The van der Waals surface area contributed by atoms with Gasteiger partial charge in [-0.15, -0.1) is 0 Å². The zero-order valence-corrected chi connectivity index (χ0v) is 20.3. The fourth-order valence-electron chi connectivity index (χ4n) is 5.41. The van der Waals surface area contributed by atoms with Crippen LogP contribution in [-0.2, 0) is 24.2 Å². The van der Waals surface area contributed by atoms with E-state index in [-0.39, 0.29) is 0 Å². The van der Waals surface area contributed by atoms with Gasteiger partial charge in [0.25, 0.3) is 0 Å². The van der Waals surface area contributed by atoms with Gasteiger partial charge in [0, 0.05) is 47.6 Å². The lowest BCUT2D eigenvalue weighted by Crippen LogP contribution is -2.10. The largest absolute Gasteiger partial charge is 0.383 e. The summed E-state index contributed by atoms with van der Waals surface area (Å²) in [5.74, 6) is 1.26. The van der Waals surface area contributed by atoms with Crippen molar-refractivity contribution in [2.45, 2.75) is 39.3 Å². The zero-order chi connectivity index (χ0) is 24.1. The third-order valence-corrected chi connectivity index (χ3v) is 7.30. The Balaban J connectivity index is 1.56. The molecule has 5 aromatic rings. The van der Waals surface area contributed by atoms with Crippen molar-refractivity contribution in [2.24, 2.45) is 11.7 Å². The first-order valence-electron chi connectivity index (χ1n) is 12.4. The number of aryl methyl sites for hydroxylation is 1. The average molecular weight is 467 g/mol. The molecule has 6 rings (SSSR count). The Morgan fingerprint density at radius 3 is 2.63 bits per heavy atom. The molecule has 0 bridgehead atoms. The maximum absolute atomic E-state index is 11.7. The van der Waals surface area contributed by atoms with Crippen molar-refractivity contribution in [1.29, 1.82) is 0 Å². The van der Waals surface area contributed by atoms with Gasteiger partial charge in [0.2, 0.25) is 5.91 Å². The average Bonchev–Trinajstić information content (AvgIpc) is 3.52. The van der Waals surface area contributed by atoms with E-state index in [0.29, 0.717) is 18.7 Å². The van der Waals surface area contributed by atoms with Crippen LogP contribution in [0.4, 0.5) is 0 Å². The molecule has 6 nitrogen and oxygen atoms in total. The quantitative estimate of drug-likeness (QED) is 0.327. The molecule has 0 saturated heterocycles. The van der Waals surface area contributed by atoms with E-state index in [1.54, 1.807) is 19.2 Å². The number of benzene rings is 3. The number of methoxy groups -OCH3 is 1. The summed E-state index contributed by atoms with van der Waals surface area (Å²) in [6.07, 6.45) is 3.86. The summed E-state index contributed by atoms with van der Waals surface area (Å²) < 4.78 is 10.0. The second-order valence-corrected chi connectivity index (χ2v) is 9.58. The highest BCUT2D eigenvalue weighted by Crippen LogP contribution is 2.38. The maximum atomic E-state index is 11.7. The molecule has 1 fully saturated rings. The Hall–Kier alpha value is -3.64. The minimum atomic E-state index is -0.448. The summed E-state index contributed by atoms with van der Waals surface area (Å²) in [5.41, 5.74) is 12.8. The number of carbonyl (C=O) groups excluding carboxylic acids is 1. The number of ether oxygens (including phenoxy) is 1. The SMILES string of the molecule is CCn1c2ccc(-c3nc4cc(C(N)=O)ccc4n3CCOC)cc2c2cccc(CC3CC3)c21. The van der Waals surface area contributed by atoms with Gasteiger partial charge in [0.1, 0.15) is 5.82 Å². The molecule has 2 aromatic heterocycles. The molecular weight excluding hydrogens is 436 g/mol. The van der Waals surface area contributed by atoms with Crippen LogP contribution in [0.3, 0.4) is 0 Å². The van der Waals surface area contributed by atoms with Gasteiger partial charge in [-0.25, -0.2) is 4.98 Å². The molecule has 0 unspecified atom stereocenters. The van der Waals surface area contributed by atoms with Crippen molar-refractivity contribution < 1.29 is 9.53 Å². The van der Waals surface area contributed by atoms with Crippen LogP contribution in [0.5, 0.6) is 0 Å². The van der Waals surface area contributed by atoms with Crippen molar-refractivity contribution in [3.63, 3.8) is 0 Å². The monoisotopic (exact) mass is 466 g/mol. The van der Waals surface area contributed by atoms with Crippen LogP contribution in [0.25, 0.3) is 44.2 Å². The van der Waals surface area contributed by atoms with Gasteiger partial charge in [-0.1, -0.05) is 18.2 Å². The standard InChI is InChI=1S/C29H30N4O2/c1-3-32-25-11-10-21(16-23(25)22-6-4-5-19(27(22)32)15-18-7-8-18)29-31-24-17-20(28(30)34)9-12-26(24)33(29)13-14-35-2/h4-6,9-12,16-18H,3,7-8,13-15H2,1-2H3,(H2,30,34). The second-order valence-electron chi connectivity index (χ2n) is 9.58. The summed E-state index contributed by atoms with van der Waals surface area (Å²) in [4.78, 5) is 16.7. The van der Waals surface area contributed by atoms with Crippen molar-refractivity contribution in [2.75, 3.05) is 13.7 Å². The second kappa shape index (κ2) is 8.54. The topological polar surface area (TPSA) is 75.1 Å². The van der Waals surface area contributed by atoms with Gasteiger partial charge in [-0.2, -0.15) is 0 Å². The summed E-state index contributed by atoms with van der Waals surface area (Å²) in [5, 5.41) is 2.55. The first-order chi connectivity index (χ1) is 17.1. The maximum Gasteiger partial charge on any atom is 0.248 e. The Bertz CT molecular complexity index is 1590. The molecule has 1 aliphatic carbocycles. The molecule has 6 heteroatoms. The molecular formula is C29H30N4O2. The Morgan fingerprint density at radius 2 is 1.89 bits per heavy atom. The lowest BCUT2D eigenvalue weighted by Gasteiger charge is -2.10. The van der Waals surface area contributed by atoms with E-state index >= 15 is 0 Å². The van der Waals surface area contributed by atoms with Crippen LogP contribution in [0.1, 0.15) is 35.7 Å². The molecule has 0 spiro atoms. The third-order valence-electron chi connectivity index (χ3n) is 7.30. The van der Waals surface area contributed by atoms with Crippen LogP contribution in [0.2, 0.25) is 0 Å². The normalized spacial score (nSPS) is 13.9. The number of carbonyl (C=O) groups is 1. The van der Waals surface area contributed by atoms with E-state index in [1.807, 2.05) is 6.07 Å². The van der Waals surface area contributed by atoms with E-state index in [4.69, 9.17) is 15.5 Å². The highest BCUT2D eigenvalue weighted by Gasteiger charge is 2.24. The number of nitrogens with two attached hydrogens (primary N) is 1. The molecule has 35 heavy (non-hydrogen) atoms. The number of para-hydroxylation sites is 1. The predicted octanol–water partition coefficient (Wildman–Crippen LogP) is 5.53. The molecule has 2 N–H and O–H groups in total. The lowest BCUT2D eigenvalue weighted by molar-refractivity contribution is 0.100. The van der Waals surface area contributed by atoms with Crippen molar-refractivity contribution in [3.05, 3.63) is 65.7 Å². The number of aromatic nitrogens is 3. The van der Waals surface area contributed by atoms with Crippen LogP contribution < -0.4 is 5.73 Å². The number of fused-ring (bicyclic) bond motifs is 4. The molecule has 178 valence electrons. The summed E-state index contributed by atoms with van der Waals surface area (Å²) in [6, 6.07) is 18.9. The minimum absolute atomic E-state index is 0.448. The summed E-state index contributed by atoms with van der Waals surface area (Å²) in [7, 11) is 1.70. The molecule has 3 aromatic carbocycles. The van der Waals surface area contributed by atoms with Crippen molar-refractivity contribution in [3.8, 4) is 11.4 Å². The molecule has 1 aliphatic rings. The molecule has 0 aliphatic heterocycles. The Morgan fingerprint density at radius 1 is 1.06 bits per heavy atom. The number of primary amides is 1. The molecule has 0 radical (unpaired) electrons. The predicted molar refractivity (Wildman–Crippen MR) is 141 cm³/mol. The highest BCUT2D eigenvalue weighted by atomic mass is 16.5. The van der Waals surface area contributed by atoms with E-state index < -0.39 is 5.91 Å². The van der Waals surface area contributed by atoms with Gasteiger partial charge in [0.15, 0.2) is 0 Å². The van der Waals surface area contributed by atoms with E-state index in [0.717, 1.165) is 41.3 Å². The Kier molecular flexibility index (Phi) is 5.33. The van der Waals surface area contributed by atoms with Crippen LogP contribution >= 0.6 is 0 Å². The van der Waals surface area contributed by atoms with Gasteiger partial charge < -0.3 is 19.6 Å². The molecule has 1 amide bonds.